The molecule has 1 aliphatic heterocycles. The van der Waals surface area contributed by atoms with E-state index in [1.165, 1.54) is 12.1 Å². The highest BCUT2D eigenvalue weighted by Crippen LogP contribution is 2.36. The predicted octanol–water partition coefficient (Wildman–Crippen LogP) is 4.36. The average Bonchev–Trinajstić information content (AvgIpc) is 2.92. The molecule has 2 aromatic carbocycles. The minimum atomic E-state index is -0.784. The lowest BCUT2D eigenvalue weighted by Crippen LogP contribution is -2.41. The number of carbonyl (C=O) groups is 1. The number of hydrogen-bond donors (Lipinski definition) is 1. The highest BCUT2D eigenvalue weighted by Gasteiger charge is 2.52. The molecule has 0 spiro atoms. The molecule has 31 heavy (non-hydrogen) atoms. The molecule has 166 valence electrons. The van der Waals surface area contributed by atoms with Gasteiger partial charge in [0.25, 0.3) is 0 Å². The van der Waals surface area contributed by atoms with Gasteiger partial charge in [-0.1, -0.05) is 25.1 Å². The molecule has 0 amide bonds. The van der Waals surface area contributed by atoms with Crippen LogP contribution in [-0.4, -0.2) is 29.4 Å². The van der Waals surface area contributed by atoms with Gasteiger partial charge in [0.05, 0.1) is 17.1 Å². The first-order valence-corrected chi connectivity index (χ1v) is 10.6. The van der Waals surface area contributed by atoms with E-state index in [1.54, 1.807) is 13.0 Å². The van der Waals surface area contributed by atoms with Crippen LogP contribution in [0.5, 0.6) is 5.75 Å². The number of aliphatic carboxylic acids is 1. The SMILES string of the molecule is CC(CCc1ccc(OCc2cc(F)ccc2B2OC(C)(C)C(C)(C)O2)cc1)C(=O)O. The highest BCUT2D eigenvalue weighted by atomic mass is 19.1. The summed E-state index contributed by atoms with van der Waals surface area (Å²) in [4.78, 5) is 10.9. The Morgan fingerprint density at radius 3 is 2.29 bits per heavy atom. The Balaban J connectivity index is 1.67. The number of benzene rings is 2. The molecule has 1 N–H and O–H groups in total. The Labute approximate surface area is 183 Å². The number of ether oxygens (including phenoxy) is 1. The van der Waals surface area contributed by atoms with E-state index >= 15 is 0 Å². The Morgan fingerprint density at radius 2 is 1.71 bits per heavy atom. The number of carboxylic acid groups (broad SMARTS) is 1. The van der Waals surface area contributed by atoms with Gasteiger partial charge in [-0.05, 0) is 81.4 Å². The van der Waals surface area contributed by atoms with Gasteiger partial charge in [-0.15, -0.1) is 0 Å². The zero-order chi connectivity index (χ0) is 22.8. The molecule has 5 nitrogen and oxygen atoms in total. The molecule has 1 atom stereocenters. The lowest BCUT2D eigenvalue weighted by atomic mass is 9.76. The van der Waals surface area contributed by atoms with E-state index in [1.807, 2.05) is 52.0 Å². The maximum absolute atomic E-state index is 13.9. The van der Waals surface area contributed by atoms with E-state index in [0.29, 0.717) is 24.2 Å². The zero-order valence-corrected chi connectivity index (χ0v) is 18.8. The standard InChI is InChI=1S/C24H30BFO5/c1-16(22(27)28)6-7-17-8-11-20(12-9-17)29-15-18-14-19(26)10-13-21(18)25-30-23(2,3)24(4,5)31-25/h8-14,16H,6-7,15H2,1-5H3,(H,27,28). The summed E-state index contributed by atoms with van der Waals surface area (Å²) in [6.45, 7) is 9.79. The van der Waals surface area contributed by atoms with Gasteiger partial charge in [0.1, 0.15) is 18.2 Å². The second-order valence-electron chi connectivity index (χ2n) is 9.14. The summed E-state index contributed by atoms with van der Waals surface area (Å²) in [6, 6.07) is 12.1. The van der Waals surface area contributed by atoms with Gasteiger partial charge in [-0.25, -0.2) is 4.39 Å². The molecule has 0 saturated carbocycles. The number of hydrogen-bond acceptors (Lipinski definition) is 4. The minimum absolute atomic E-state index is 0.173. The van der Waals surface area contributed by atoms with Crippen LogP contribution in [0.25, 0.3) is 0 Å². The van der Waals surface area contributed by atoms with Crippen molar-refractivity contribution >= 4 is 18.6 Å². The lowest BCUT2D eigenvalue weighted by molar-refractivity contribution is -0.141. The fourth-order valence-corrected chi connectivity index (χ4v) is 3.32. The smallest absolute Gasteiger partial charge is 0.489 e. The molecule has 1 saturated heterocycles. The van der Waals surface area contributed by atoms with Crippen molar-refractivity contribution < 1.29 is 28.3 Å². The van der Waals surface area contributed by atoms with Gasteiger partial charge in [0, 0.05) is 0 Å². The van der Waals surface area contributed by atoms with Crippen LogP contribution in [0.1, 0.15) is 52.2 Å². The summed E-state index contributed by atoms with van der Waals surface area (Å²) in [5.74, 6) is -0.855. The van der Waals surface area contributed by atoms with Crippen molar-refractivity contribution in [3.63, 3.8) is 0 Å². The van der Waals surface area contributed by atoms with Crippen LogP contribution in [0, 0.1) is 11.7 Å². The number of rotatable bonds is 8. The van der Waals surface area contributed by atoms with Crippen LogP contribution < -0.4 is 10.2 Å². The Morgan fingerprint density at radius 1 is 1.10 bits per heavy atom. The molecule has 0 aliphatic carbocycles. The van der Waals surface area contributed by atoms with Gasteiger partial charge >= 0.3 is 13.1 Å². The van der Waals surface area contributed by atoms with E-state index in [4.69, 9.17) is 19.2 Å². The summed E-state index contributed by atoms with van der Waals surface area (Å²) >= 11 is 0. The van der Waals surface area contributed by atoms with Crippen molar-refractivity contribution in [2.45, 2.75) is 65.3 Å². The van der Waals surface area contributed by atoms with Crippen molar-refractivity contribution in [3.8, 4) is 5.75 Å². The molecule has 1 heterocycles. The molecule has 2 aromatic rings. The first-order chi connectivity index (χ1) is 14.5. The minimum Gasteiger partial charge on any atom is -0.489 e. The van der Waals surface area contributed by atoms with Crippen LogP contribution in [0.2, 0.25) is 0 Å². The topological polar surface area (TPSA) is 65.0 Å². The van der Waals surface area contributed by atoms with E-state index in [9.17, 15) is 9.18 Å². The van der Waals surface area contributed by atoms with E-state index in [2.05, 4.69) is 0 Å². The zero-order valence-electron chi connectivity index (χ0n) is 18.8. The van der Waals surface area contributed by atoms with Crippen LogP contribution >= 0.6 is 0 Å². The van der Waals surface area contributed by atoms with Gasteiger partial charge in [0.15, 0.2) is 0 Å². The fraction of sp³-hybridized carbons (Fsp3) is 0.458. The quantitative estimate of drug-likeness (QED) is 0.634. The number of carboxylic acids is 1. The Kier molecular flexibility index (Phi) is 6.77. The maximum Gasteiger partial charge on any atom is 0.495 e. The molecule has 1 unspecified atom stereocenters. The van der Waals surface area contributed by atoms with Crippen molar-refractivity contribution in [2.24, 2.45) is 5.92 Å². The van der Waals surface area contributed by atoms with Gasteiger partial charge in [-0.3, -0.25) is 4.79 Å². The van der Waals surface area contributed by atoms with E-state index in [-0.39, 0.29) is 18.3 Å². The second-order valence-corrected chi connectivity index (χ2v) is 9.14. The molecule has 1 aliphatic rings. The molecule has 7 heteroatoms. The third kappa shape index (κ3) is 5.46. The van der Waals surface area contributed by atoms with Gasteiger partial charge in [-0.2, -0.15) is 0 Å². The van der Waals surface area contributed by atoms with Crippen molar-refractivity contribution in [3.05, 3.63) is 59.4 Å². The number of aryl methyl sites for hydroxylation is 1. The summed E-state index contributed by atoms with van der Waals surface area (Å²) < 4.78 is 32.1. The molecular weight excluding hydrogens is 398 g/mol. The summed E-state index contributed by atoms with van der Waals surface area (Å²) in [5.41, 5.74) is 1.48. The van der Waals surface area contributed by atoms with E-state index in [0.717, 1.165) is 11.0 Å². The van der Waals surface area contributed by atoms with Crippen LogP contribution in [-0.2, 0) is 27.1 Å². The van der Waals surface area contributed by atoms with Gasteiger partial charge in [0.2, 0.25) is 0 Å². The van der Waals surface area contributed by atoms with Gasteiger partial charge < -0.3 is 19.2 Å². The van der Waals surface area contributed by atoms with Crippen LogP contribution in [0.3, 0.4) is 0 Å². The second kappa shape index (κ2) is 9.01. The van der Waals surface area contributed by atoms with Crippen LogP contribution in [0.15, 0.2) is 42.5 Å². The molecule has 0 bridgehead atoms. The van der Waals surface area contributed by atoms with Crippen molar-refractivity contribution in [2.75, 3.05) is 0 Å². The van der Waals surface area contributed by atoms with Crippen LogP contribution in [0.4, 0.5) is 4.39 Å². The first-order valence-electron chi connectivity index (χ1n) is 10.6. The maximum atomic E-state index is 13.9. The monoisotopic (exact) mass is 428 g/mol. The first kappa shape index (κ1) is 23.3. The van der Waals surface area contributed by atoms with E-state index < -0.39 is 24.3 Å². The molecule has 1 fully saturated rings. The Bertz CT molecular complexity index is 910. The highest BCUT2D eigenvalue weighted by molar-refractivity contribution is 6.62. The third-order valence-electron chi connectivity index (χ3n) is 6.22. The van der Waals surface area contributed by atoms with Crippen molar-refractivity contribution in [1.82, 2.24) is 0 Å². The molecule has 0 radical (unpaired) electrons. The average molecular weight is 428 g/mol. The lowest BCUT2D eigenvalue weighted by Gasteiger charge is -2.32. The predicted molar refractivity (Wildman–Crippen MR) is 118 cm³/mol. The molecule has 0 aromatic heterocycles. The summed E-state index contributed by atoms with van der Waals surface area (Å²) in [7, 11) is -0.595. The Hall–Kier alpha value is -2.38. The number of halogens is 1. The summed E-state index contributed by atoms with van der Waals surface area (Å²) in [6.07, 6.45) is 1.26. The fourth-order valence-electron chi connectivity index (χ4n) is 3.32. The normalized spacial score (nSPS) is 18.1. The molecule has 3 rings (SSSR count). The van der Waals surface area contributed by atoms with Crippen molar-refractivity contribution in [1.29, 1.82) is 0 Å². The molecular formula is C24H30BFO5. The third-order valence-corrected chi connectivity index (χ3v) is 6.22. The summed E-state index contributed by atoms with van der Waals surface area (Å²) in [5, 5.41) is 9.00. The largest absolute Gasteiger partial charge is 0.495 e.